The Balaban J connectivity index is 1.57. The standard InChI is InChI=1S/C26H35F2N6O3.3C4H9.Sn/c1-25(2,3)37-24(35)32(4)18-7-5-9-33(15-18)22-19-12-29-13-20(28)21(19)30-23(31-22)36-16-26-8-6-10-34(26)14-17(27)11-26;3*1-3-4-2;/h12,17-18H,5-11,14-16H2,1-4H3;3*1,3-4H2,2H3;/t17-,18-,26+;;;;/m1..../s1. The van der Waals surface area contributed by atoms with Gasteiger partial charge in [-0.25, -0.2) is 0 Å². The van der Waals surface area contributed by atoms with Crippen molar-refractivity contribution >= 4 is 44.9 Å². The average molecular weight is 808 g/mol. The minimum absolute atomic E-state index is 0.114. The van der Waals surface area contributed by atoms with Crippen molar-refractivity contribution in [2.45, 2.75) is 149 Å². The molecule has 0 spiro atoms. The topological polar surface area (TPSA) is 83.9 Å². The predicted octanol–water partition coefficient (Wildman–Crippen LogP) is 8.01. The average Bonchev–Trinajstić information content (AvgIpc) is 3.62. The number of carbonyl (C=O) groups excluding carboxylic acids is 1. The van der Waals surface area contributed by atoms with Crippen molar-refractivity contribution in [3.8, 4) is 6.01 Å². The second kappa shape index (κ2) is 16.8. The Labute approximate surface area is 303 Å². The molecular weight excluding hydrogens is 745 g/mol. The maximum absolute atomic E-state index is 17.3. The predicted molar refractivity (Wildman–Crippen MR) is 200 cm³/mol. The summed E-state index contributed by atoms with van der Waals surface area (Å²) in [6, 6.07) is 0.0168. The fraction of sp³-hybridized carbons (Fsp3) is 0.789. The molecule has 3 aliphatic heterocycles. The van der Waals surface area contributed by atoms with E-state index in [4.69, 9.17) is 24.4 Å². The van der Waals surface area contributed by atoms with E-state index in [1.165, 1.54) is 0 Å². The Morgan fingerprint density at radius 3 is 2.36 bits per heavy atom. The number of anilines is 1. The number of aromatic nitrogens is 3. The molecule has 0 aromatic carbocycles. The van der Waals surface area contributed by atoms with Crippen molar-refractivity contribution in [1.29, 1.82) is 0 Å². The molecule has 3 saturated heterocycles. The van der Waals surface area contributed by atoms with Gasteiger partial charge in [-0.2, -0.15) is 0 Å². The van der Waals surface area contributed by atoms with E-state index in [-0.39, 0.29) is 41.6 Å². The Kier molecular flexibility index (Phi) is 13.1. The molecule has 0 unspecified atom stereocenters. The molecule has 3 aliphatic rings. The van der Waals surface area contributed by atoms with Crippen molar-refractivity contribution < 1.29 is 23.0 Å². The van der Waals surface area contributed by atoms with E-state index in [0.29, 0.717) is 37.3 Å². The van der Waals surface area contributed by atoms with Crippen LogP contribution in [0.2, 0.25) is 13.3 Å². The van der Waals surface area contributed by atoms with E-state index in [0.717, 1.165) is 87.8 Å². The van der Waals surface area contributed by atoms with Gasteiger partial charge in [0.05, 0.1) is 0 Å². The van der Waals surface area contributed by atoms with Crippen LogP contribution in [0.15, 0.2) is 6.20 Å². The van der Waals surface area contributed by atoms with Crippen LogP contribution in [0.25, 0.3) is 10.9 Å². The summed E-state index contributed by atoms with van der Waals surface area (Å²) in [6.07, 6.45) is 11.1. The first-order valence-electron chi connectivity index (χ1n) is 19.4. The van der Waals surface area contributed by atoms with Crippen LogP contribution in [-0.4, -0.2) is 112 Å². The summed E-state index contributed by atoms with van der Waals surface area (Å²) in [5, 5.41) is 0.575. The molecule has 0 saturated carbocycles. The minimum atomic E-state index is -3.29. The second-order valence-corrected chi connectivity index (χ2v) is 29.2. The molecule has 0 aliphatic carbocycles. The molecule has 280 valence electrons. The van der Waals surface area contributed by atoms with E-state index < -0.39 is 30.1 Å². The second-order valence-electron chi connectivity index (χ2n) is 16.3. The Hall–Kier alpha value is -2.02. The summed E-state index contributed by atoms with van der Waals surface area (Å²) >= 11 is -3.29. The SMILES string of the molecule is CCC[CH2][Sn]([CH2]CCC)([CH2]CCC)[c]1ncc2c(N3CCC[C@@H](N(C)C(=O)OC(C)(C)C)C3)nc(OC[C@@]34CCCN3C[C@H](F)C4)nc2c1F. The fourth-order valence-corrected chi connectivity index (χ4v) is 24.2. The van der Waals surface area contributed by atoms with Gasteiger partial charge < -0.3 is 0 Å². The number of unbranched alkanes of at least 4 members (excludes halogenated alkanes) is 3. The number of halogens is 2. The van der Waals surface area contributed by atoms with Gasteiger partial charge in [0.15, 0.2) is 0 Å². The van der Waals surface area contributed by atoms with Crippen LogP contribution in [0.1, 0.15) is 112 Å². The van der Waals surface area contributed by atoms with Crippen molar-refractivity contribution in [3.63, 3.8) is 0 Å². The van der Waals surface area contributed by atoms with Crippen molar-refractivity contribution in [2.75, 3.05) is 44.7 Å². The molecule has 0 N–H and O–H groups in total. The molecule has 12 heteroatoms. The third-order valence-corrected chi connectivity index (χ3v) is 26.4. The van der Waals surface area contributed by atoms with Crippen LogP contribution in [0.3, 0.4) is 0 Å². The van der Waals surface area contributed by atoms with Gasteiger partial charge in [-0.15, -0.1) is 0 Å². The molecule has 0 bridgehead atoms. The molecule has 50 heavy (non-hydrogen) atoms. The number of fused-ring (bicyclic) bond motifs is 2. The van der Waals surface area contributed by atoms with Crippen LogP contribution in [-0.2, 0) is 4.74 Å². The van der Waals surface area contributed by atoms with Gasteiger partial charge in [0.2, 0.25) is 0 Å². The Morgan fingerprint density at radius 1 is 1.04 bits per heavy atom. The summed E-state index contributed by atoms with van der Waals surface area (Å²) in [7, 11) is 1.78. The van der Waals surface area contributed by atoms with Gasteiger partial charge in [-0.1, -0.05) is 0 Å². The quantitative estimate of drug-likeness (QED) is 0.168. The summed E-state index contributed by atoms with van der Waals surface area (Å²) < 4.78 is 48.1. The molecule has 3 atom stereocenters. The normalized spacial score (nSPS) is 23.0. The first kappa shape index (κ1) is 39.2. The number of rotatable bonds is 15. The summed E-state index contributed by atoms with van der Waals surface area (Å²) in [4.78, 5) is 33.9. The number of pyridine rings is 1. The zero-order valence-electron chi connectivity index (χ0n) is 31.8. The summed E-state index contributed by atoms with van der Waals surface area (Å²) in [5.41, 5.74) is -0.700. The molecule has 2 aromatic heterocycles. The summed E-state index contributed by atoms with van der Waals surface area (Å²) in [6.45, 7) is 15.0. The van der Waals surface area contributed by atoms with Crippen LogP contribution < -0.4 is 13.3 Å². The monoisotopic (exact) mass is 808 g/mol. The number of nitrogens with zero attached hydrogens (tertiary/aromatic N) is 6. The third kappa shape index (κ3) is 8.77. The number of hydrogen-bond donors (Lipinski definition) is 0. The fourth-order valence-electron chi connectivity index (χ4n) is 8.57. The molecule has 1 amide bonds. The molecular formula is C38H62F2N6O3Sn. The number of alkyl halides is 1. The zero-order valence-corrected chi connectivity index (χ0v) is 34.7. The Bertz CT molecular complexity index is 1440. The van der Waals surface area contributed by atoms with E-state index in [1.54, 1.807) is 11.9 Å². The van der Waals surface area contributed by atoms with Gasteiger partial charge in [0.25, 0.3) is 0 Å². The van der Waals surface area contributed by atoms with Crippen LogP contribution >= 0.6 is 0 Å². The number of amides is 1. The molecule has 9 nitrogen and oxygen atoms in total. The van der Waals surface area contributed by atoms with E-state index in [2.05, 4.69) is 30.6 Å². The first-order valence-corrected chi connectivity index (χ1v) is 26.9. The summed E-state index contributed by atoms with van der Waals surface area (Å²) in [5.74, 6) is 0.289. The number of hydrogen-bond acceptors (Lipinski definition) is 8. The number of likely N-dealkylation sites (N-methyl/N-ethyl adjacent to an activating group) is 1. The molecule has 0 radical (unpaired) electrons. The molecule has 2 aromatic rings. The van der Waals surface area contributed by atoms with E-state index in [1.807, 2.05) is 27.0 Å². The molecule has 5 rings (SSSR count). The zero-order chi connectivity index (χ0) is 36.1. The van der Waals surface area contributed by atoms with Gasteiger partial charge in [0.1, 0.15) is 0 Å². The number of carbonyl (C=O) groups is 1. The van der Waals surface area contributed by atoms with Gasteiger partial charge in [0, 0.05) is 0 Å². The van der Waals surface area contributed by atoms with Crippen LogP contribution in [0.5, 0.6) is 6.01 Å². The third-order valence-electron chi connectivity index (χ3n) is 11.3. The Morgan fingerprint density at radius 2 is 1.72 bits per heavy atom. The van der Waals surface area contributed by atoms with Gasteiger partial charge >= 0.3 is 284 Å². The number of piperidine rings is 1. The van der Waals surface area contributed by atoms with E-state index >= 15 is 4.39 Å². The van der Waals surface area contributed by atoms with Crippen molar-refractivity contribution in [3.05, 3.63) is 12.0 Å². The molecule has 5 heterocycles. The van der Waals surface area contributed by atoms with E-state index in [9.17, 15) is 9.18 Å². The van der Waals surface area contributed by atoms with Gasteiger partial charge in [-0.05, 0) is 20.8 Å². The van der Waals surface area contributed by atoms with Crippen LogP contribution in [0.4, 0.5) is 19.4 Å². The van der Waals surface area contributed by atoms with Crippen LogP contribution in [0, 0.1) is 5.82 Å². The van der Waals surface area contributed by atoms with Gasteiger partial charge in [-0.3, -0.25) is 0 Å². The molecule has 3 fully saturated rings. The maximum atomic E-state index is 17.3. The van der Waals surface area contributed by atoms with Crippen molar-refractivity contribution in [2.24, 2.45) is 0 Å². The van der Waals surface area contributed by atoms with Crippen molar-refractivity contribution in [1.82, 2.24) is 24.8 Å². The first-order chi connectivity index (χ1) is 23.8. The number of ether oxygens (including phenoxy) is 2.